The predicted octanol–water partition coefficient (Wildman–Crippen LogP) is 1.59. The molecule has 0 saturated heterocycles. The number of halogens is 2. The Kier molecular flexibility index (Phi) is 7.01. The highest BCUT2D eigenvalue weighted by Gasteiger charge is 2.17. The van der Waals surface area contributed by atoms with E-state index in [9.17, 15) is 13.6 Å². The lowest BCUT2D eigenvalue weighted by Gasteiger charge is -2.24. The highest BCUT2D eigenvalue weighted by atomic mass is 19.3. The van der Waals surface area contributed by atoms with Crippen LogP contribution in [0.1, 0.15) is 24.3 Å². The zero-order valence-corrected chi connectivity index (χ0v) is 12.4. The van der Waals surface area contributed by atoms with Crippen molar-refractivity contribution < 1.29 is 13.6 Å². The van der Waals surface area contributed by atoms with Gasteiger partial charge < -0.3 is 15.5 Å². The second-order valence-corrected chi connectivity index (χ2v) is 4.50. The standard InChI is InChI=1S/C14H22F2N4O/c1-3-19(4-2)14(21)12-9-11(5-7-18-12)20(8-6-17)10-13(15)16/h5,7,9,13H,3-4,6,8,10,17H2,1-2H3. The van der Waals surface area contributed by atoms with Crippen LogP contribution in [-0.2, 0) is 0 Å². The third kappa shape index (κ3) is 4.93. The van der Waals surface area contributed by atoms with Gasteiger partial charge in [-0.15, -0.1) is 0 Å². The van der Waals surface area contributed by atoms with Gasteiger partial charge in [0, 0.05) is 38.1 Å². The maximum absolute atomic E-state index is 12.6. The highest BCUT2D eigenvalue weighted by molar-refractivity contribution is 5.93. The summed E-state index contributed by atoms with van der Waals surface area (Å²) in [5, 5.41) is 0. The van der Waals surface area contributed by atoms with Crippen molar-refractivity contribution in [2.75, 3.05) is 37.6 Å². The van der Waals surface area contributed by atoms with E-state index in [2.05, 4.69) is 4.98 Å². The van der Waals surface area contributed by atoms with Gasteiger partial charge in [0.25, 0.3) is 12.3 Å². The summed E-state index contributed by atoms with van der Waals surface area (Å²) in [7, 11) is 0. The van der Waals surface area contributed by atoms with Crippen LogP contribution in [0.2, 0.25) is 0 Å². The van der Waals surface area contributed by atoms with Gasteiger partial charge in [0.2, 0.25) is 0 Å². The van der Waals surface area contributed by atoms with Gasteiger partial charge in [-0.2, -0.15) is 0 Å². The quantitative estimate of drug-likeness (QED) is 0.792. The van der Waals surface area contributed by atoms with Crippen molar-refractivity contribution in [3.05, 3.63) is 24.0 Å². The summed E-state index contributed by atoms with van der Waals surface area (Å²) in [4.78, 5) is 19.4. The Bertz CT molecular complexity index is 452. The molecular formula is C14H22F2N4O. The van der Waals surface area contributed by atoms with Crippen molar-refractivity contribution in [1.29, 1.82) is 0 Å². The van der Waals surface area contributed by atoms with E-state index in [1.165, 1.54) is 11.1 Å². The largest absolute Gasteiger partial charge is 0.364 e. The molecule has 0 aliphatic heterocycles. The smallest absolute Gasteiger partial charge is 0.272 e. The van der Waals surface area contributed by atoms with Crippen LogP contribution >= 0.6 is 0 Å². The first-order valence-corrected chi connectivity index (χ1v) is 7.01. The van der Waals surface area contributed by atoms with Gasteiger partial charge in [0.05, 0.1) is 6.54 Å². The van der Waals surface area contributed by atoms with E-state index in [1.54, 1.807) is 17.0 Å². The molecule has 0 spiro atoms. The Morgan fingerprint density at radius 3 is 2.57 bits per heavy atom. The van der Waals surface area contributed by atoms with Gasteiger partial charge in [0.1, 0.15) is 5.69 Å². The molecule has 1 heterocycles. The van der Waals surface area contributed by atoms with E-state index in [1.807, 2.05) is 13.8 Å². The number of carbonyl (C=O) groups is 1. The summed E-state index contributed by atoms with van der Waals surface area (Å²) < 4.78 is 25.2. The topological polar surface area (TPSA) is 62.5 Å². The lowest BCUT2D eigenvalue weighted by Crippen LogP contribution is -2.34. The van der Waals surface area contributed by atoms with Crippen molar-refractivity contribution >= 4 is 11.6 Å². The number of aromatic nitrogens is 1. The van der Waals surface area contributed by atoms with Gasteiger partial charge in [-0.05, 0) is 26.0 Å². The van der Waals surface area contributed by atoms with Crippen molar-refractivity contribution in [1.82, 2.24) is 9.88 Å². The summed E-state index contributed by atoms with van der Waals surface area (Å²) in [5.74, 6) is -0.202. The highest BCUT2D eigenvalue weighted by Crippen LogP contribution is 2.16. The number of hydrogen-bond acceptors (Lipinski definition) is 4. The molecule has 0 saturated carbocycles. The fraction of sp³-hybridized carbons (Fsp3) is 0.571. The molecule has 1 aromatic heterocycles. The Morgan fingerprint density at radius 2 is 2.05 bits per heavy atom. The number of nitrogens with two attached hydrogens (primary N) is 1. The van der Waals surface area contributed by atoms with Crippen molar-refractivity contribution in [3.8, 4) is 0 Å². The summed E-state index contributed by atoms with van der Waals surface area (Å²) in [6.45, 7) is 5.04. The van der Waals surface area contributed by atoms with Gasteiger partial charge >= 0.3 is 0 Å². The van der Waals surface area contributed by atoms with Gasteiger partial charge in [0.15, 0.2) is 0 Å². The molecule has 2 N–H and O–H groups in total. The van der Waals surface area contributed by atoms with Crippen molar-refractivity contribution in [2.45, 2.75) is 20.3 Å². The second kappa shape index (κ2) is 8.51. The summed E-state index contributed by atoms with van der Waals surface area (Å²) in [6.07, 6.45) is -1.01. The maximum Gasteiger partial charge on any atom is 0.272 e. The van der Waals surface area contributed by atoms with Crippen LogP contribution in [0, 0.1) is 0 Å². The number of nitrogens with zero attached hydrogens (tertiary/aromatic N) is 3. The molecule has 118 valence electrons. The molecule has 1 rings (SSSR count). The molecule has 1 amide bonds. The molecule has 7 heteroatoms. The summed E-state index contributed by atoms with van der Waals surface area (Å²) in [5.41, 5.74) is 6.24. The van der Waals surface area contributed by atoms with Gasteiger partial charge in [-0.3, -0.25) is 9.78 Å². The van der Waals surface area contributed by atoms with E-state index in [0.29, 0.717) is 25.3 Å². The normalized spacial score (nSPS) is 10.8. The SMILES string of the molecule is CCN(CC)C(=O)c1cc(N(CCN)CC(F)F)ccn1. The monoisotopic (exact) mass is 300 g/mol. The number of hydrogen-bond donors (Lipinski definition) is 1. The average Bonchev–Trinajstić information content (AvgIpc) is 2.47. The molecule has 5 nitrogen and oxygen atoms in total. The molecule has 21 heavy (non-hydrogen) atoms. The second-order valence-electron chi connectivity index (χ2n) is 4.50. The summed E-state index contributed by atoms with van der Waals surface area (Å²) >= 11 is 0. The minimum atomic E-state index is -2.47. The fourth-order valence-corrected chi connectivity index (χ4v) is 2.05. The van der Waals surface area contributed by atoms with Gasteiger partial charge in [-0.25, -0.2) is 8.78 Å². The van der Waals surface area contributed by atoms with Crippen LogP contribution in [0.15, 0.2) is 18.3 Å². The van der Waals surface area contributed by atoms with E-state index in [4.69, 9.17) is 5.73 Å². The van der Waals surface area contributed by atoms with E-state index >= 15 is 0 Å². The first-order valence-electron chi connectivity index (χ1n) is 7.01. The molecule has 1 aromatic rings. The molecule has 0 bridgehead atoms. The Morgan fingerprint density at radius 1 is 1.38 bits per heavy atom. The molecule has 0 fully saturated rings. The molecular weight excluding hydrogens is 278 g/mol. The number of carbonyl (C=O) groups excluding carboxylic acids is 1. The number of pyridine rings is 1. The molecule has 0 atom stereocenters. The number of rotatable bonds is 8. The van der Waals surface area contributed by atoms with Crippen LogP contribution in [0.4, 0.5) is 14.5 Å². The molecule has 0 aliphatic rings. The fourth-order valence-electron chi connectivity index (χ4n) is 2.05. The van der Waals surface area contributed by atoms with Crippen molar-refractivity contribution in [3.63, 3.8) is 0 Å². The van der Waals surface area contributed by atoms with E-state index in [0.717, 1.165) is 0 Å². The Hall–Kier alpha value is -1.76. The molecule has 0 aliphatic carbocycles. The van der Waals surface area contributed by atoms with Crippen LogP contribution in [0.5, 0.6) is 0 Å². The van der Waals surface area contributed by atoms with Crippen LogP contribution in [-0.4, -0.2) is 54.9 Å². The lowest BCUT2D eigenvalue weighted by molar-refractivity contribution is 0.0767. The molecule has 0 radical (unpaired) electrons. The zero-order chi connectivity index (χ0) is 15.8. The van der Waals surface area contributed by atoms with Crippen molar-refractivity contribution in [2.24, 2.45) is 5.73 Å². The lowest BCUT2D eigenvalue weighted by atomic mass is 10.2. The number of alkyl halides is 2. The maximum atomic E-state index is 12.6. The predicted molar refractivity (Wildman–Crippen MR) is 78.8 cm³/mol. The van der Waals surface area contributed by atoms with Crippen LogP contribution in [0.25, 0.3) is 0 Å². The molecule has 0 unspecified atom stereocenters. The minimum absolute atomic E-state index is 0.202. The summed E-state index contributed by atoms with van der Waals surface area (Å²) in [6, 6.07) is 3.15. The third-order valence-electron chi connectivity index (χ3n) is 3.14. The zero-order valence-electron chi connectivity index (χ0n) is 12.4. The first kappa shape index (κ1) is 17.3. The number of amides is 1. The third-order valence-corrected chi connectivity index (χ3v) is 3.14. The minimum Gasteiger partial charge on any atom is -0.364 e. The van der Waals surface area contributed by atoms with E-state index < -0.39 is 13.0 Å². The average molecular weight is 300 g/mol. The Balaban J connectivity index is 2.99. The Labute approximate surface area is 123 Å². The van der Waals surface area contributed by atoms with Crippen LogP contribution < -0.4 is 10.6 Å². The van der Waals surface area contributed by atoms with Gasteiger partial charge in [-0.1, -0.05) is 0 Å². The van der Waals surface area contributed by atoms with Crippen LogP contribution in [0.3, 0.4) is 0 Å². The van der Waals surface area contributed by atoms with E-state index in [-0.39, 0.29) is 18.1 Å². The first-order chi connectivity index (χ1) is 10.0. The number of anilines is 1. The molecule has 0 aromatic carbocycles.